The largest absolute Gasteiger partial charge is 0.495 e. The van der Waals surface area contributed by atoms with E-state index in [0.29, 0.717) is 10.8 Å². The van der Waals surface area contributed by atoms with Gasteiger partial charge in [0.05, 0.1) is 12.1 Å². The number of benzene rings is 1. The van der Waals surface area contributed by atoms with Crippen LogP contribution in [-0.4, -0.2) is 12.1 Å². The van der Waals surface area contributed by atoms with Gasteiger partial charge in [0.15, 0.2) is 0 Å². The predicted molar refractivity (Wildman–Crippen MR) is 62.5 cm³/mol. The molecule has 80 valence electrons. The van der Waals surface area contributed by atoms with Gasteiger partial charge in [-0.25, -0.2) is 0 Å². The topological polar surface area (TPSA) is 51.0 Å². The molecule has 2 aromatic rings. The van der Waals surface area contributed by atoms with Crippen LogP contribution in [0.15, 0.2) is 18.2 Å². The lowest BCUT2D eigenvalue weighted by atomic mass is 10.2. The Morgan fingerprint density at radius 1 is 1.40 bits per heavy atom. The van der Waals surface area contributed by atoms with Crippen molar-refractivity contribution >= 4 is 22.5 Å². The highest BCUT2D eigenvalue weighted by molar-refractivity contribution is 6.32. The molecule has 0 saturated heterocycles. The number of H-pyrrole nitrogens is 1. The lowest BCUT2D eigenvalue weighted by Crippen LogP contribution is -2.04. The summed E-state index contributed by atoms with van der Waals surface area (Å²) in [5.41, 5.74) is 7.77. The molecule has 1 aromatic carbocycles. The summed E-state index contributed by atoms with van der Waals surface area (Å²) in [6.07, 6.45) is 0. The molecule has 0 fully saturated rings. The maximum atomic E-state index is 6.02. The number of aromatic nitrogens is 1. The zero-order chi connectivity index (χ0) is 11.0. The van der Waals surface area contributed by atoms with Crippen LogP contribution in [0, 0.1) is 0 Å². The van der Waals surface area contributed by atoms with E-state index in [2.05, 4.69) is 4.98 Å². The number of methoxy groups -OCH3 is 1. The van der Waals surface area contributed by atoms with Crippen LogP contribution in [0.2, 0.25) is 5.02 Å². The van der Waals surface area contributed by atoms with E-state index < -0.39 is 0 Å². The van der Waals surface area contributed by atoms with Crippen LogP contribution in [0.25, 0.3) is 10.9 Å². The summed E-state index contributed by atoms with van der Waals surface area (Å²) < 4.78 is 5.14. The lowest BCUT2D eigenvalue weighted by Gasteiger charge is -2.02. The van der Waals surface area contributed by atoms with E-state index in [1.807, 2.05) is 25.1 Å². The van der Waals surface area contributed by atoms with Gasteiger partial charge in [-0.15, -0.1) is 0 Å². The van der Waals surface area contributed by atoms with Gasteiger partial charge >= 0.3 is 0 Å². The smallest absolute Gasteiger partial charge is 0.139 e. The van der Waals surface area contributed by atoms with Crippen molar-refractivity contribution in [2.24, 2.45) is 5.73 Å². The van der Waals surface area contributed by atoms with Crippen molar-refractivity contribution in [2.45, 2.75) is 13.0 Å². The minimum Gasteiger partial charge on any atom is -0.495 e. The van der Waals surface area contributed by atoms with E-state index >= 15 is 0 Å². The Morgan fingerprint density at radius 2 is 2.13 bits per heavy atom. The third-order valence-electron chi connectivity index (χ3n) is 2.40. The Hall–Kier alpha value is -1.19. The van der Waals surface area contributed by atoms with Gasteiger partial charge in [0, 0.05) is 28.7 Å². The summed E-state index contributed by atoms with van der Waals surface area (Å²) in [6, 6.07) is 5.75. The van der Waals surface area contributed by atoms with Crippen molar-refractivity contribution in [1.82, 2.24) is 4.98 Å². The van der Waals surface area contributed by atoms with Crippen LogP contribution in [-0.2, 0) is 0 Å². The number of nitrogens with one attached hydrogen (secondary N) is 1. The third kappa shape index (κ3) is 1.80. The first kappa shape index (κ1) is 10.3. The summed E-state index contributed by atoms with van der Waals surface area (Å²) in [5, 5.41) is 1.66. The molecule has 3 nitrogen and oxygen atoms in total. The molecule has 0 aliphatic heterocycles. The number of hydrogen-bond acceptors (Lipinski definition) is 2. The molecule has 15 heavy (non-hydrogen) atoms. The minimum atomic E-state index is -0.0119. The van der Waals surface area contributed by atoms with E-state index in [1.54, 1.807) is 7.11 Å². The molecule has 1 unspecified atom stereocenters. The first-order valence-corrected chi connectivity index (χ1v) is 5.11. The van der Waals surface area contributed by atoms with E-state index in [-0.39, 0.29) is 6.04 Å². The van der Waals surface area contributed by atoms with Crippen LogP contribution >= 0.6 is 11.6 Å². The van der Waals surface area contributed by atoms with Gasteiger partial charge in [0.25, 0.3) is 0 Å². The van der Waals surface area contributed by atoms with E-state index in [4.69, 9.17) is 22.1 Å². The average molecular weight is 225 g/mol. The molecule has 1 heterocycles. The molecule has 1 atom stereocenters. The Labute approximate surface area is 93.2 Å². The number of ether oxygens (including phenoxy) is 1. The van der Waals surface area contributed by atoms with Crippen LogP contribution in [0.5, 0.6) is 5.75 Å². The number of nitrogens with two attached hydrogens (primary N) is 1. The van der Waals surface area contributed by atoms with Crippen molar-refractivity contribution in [1.29, 1.82) is 0 Å². The van der Waals surface area contributed by atoms with Gasteiger partial charge < -0.3 is 15.5 Å². The molecule has 2 rings (SSSR count). The Morgan fingerprint density at radius 3 is 2.73 bits per heavy atom. The van der Waals surface area contributed by atoms with E-state index in [1.165, 1.54) is 0 Å². The summed E-state index contributed by atoms with van der Waals surface area (Å²) in [4.78, 5) is 3.23. The summed E-state index contributed by atoms with van der Waals surface area (Å²) >= 11 is 6.02. The highest BCUT2D eigenvalue weighted by Crippen LogP contribution is 2.30. The fourth-order valence-electron chi connectivity index (χ4n) is 1.56. The molecular weight excluding hydrogens is 212 g/mol. The van der Waals surface area contributed by atoms with Gasteiger partial charge in [0.1, 0.15) is 5.75 Å². The zero-order valence-electron chi connectivity index (χ0n) is 8.67. The third-order valence-corrected chi connectivity index (χ3v) is 2.70. The maximum Gasteiger partial charge on any atom is 0.139 e. The van der Waals surface area contributed by atoms with E-state index in [0.717, 1.165) is 16.6 Å². The molecule has 0 aliphatic rings. The second-order valence-corrected chi connectivity index (χ2v) is 3.99. The Balaban J connectivity index is 2.61. The second-order valence-electron chi connectivity index (χ2n) is 3.59. The van der Waals surface area contributed by atoms with Gasteiger partial charge in [-0.1, -0.05) is 11.6 Å². The van der Waals surface area contributed by atoms with Crippen LogP contribution in [0.3, 0.4) is 0 Å². The Bertz CT molecular complexity index is 491. The van der Waals surface area contributed by atoms with Crippen molar-refractivity contribution in [3.05, 3.63) is 28.9 Å². The number of hydrogen-bond donors (Lipinski definition) is 2. The maximum absolute atomic E-state index is 6.02. The second kappa shape index (κ2) is 3.76. The van der Waals surface area contributed by atoms with Crippen molar-refractivity contribution in [2.75, 3.05) is 7.11 Å². The highest BCUT2D eigenvalue weighted by Gasteiger charge is 2.08. The molecule has 0 amide bonds. The van der Waals surface area contributed by atoms with Crippen molar-refractivity contribution < 1.29 is 4.74 Å². The van der Waals surface area contributed by atoms with Crippen molar-refractivity contribution in [3.63, 3.8) is 0 Å². The number of fused-ring (bicyclic) bond motifs is 1. The summed E-state index contributed by atoms with van der Waals surface area (Å²) in [6.45, 7) is 1.93. The fraction of sp³-hybridized carbons (Fsp3) is 0.273. The predicted octanol–water partition coefficient (Wildman–Crippen LogP) is 2.85. The Kier molecular flexibility index (Phi) is 2.59. The summed E-state index contributed by atoms with van der Waals surface area (Å²) in [7, 11) is 1.60. The molecule has 0 aliphatic carbocycles. The van der Waals surface area contributed by atoms with Crippen LogP contribution in [0.4, 0.5) is 0 Å². The zero-order valence-corrected chi connectivity index (χ0v) is 9.43. The van der Waals surface area contributed by atoms with Gasteiger partial charge in [-0.05, 0) is 19.1 Å². The minimum absolute atomic E-state index is 0.0119. The summed E-state index contributed by atoms with van der Waals surface area (Å²) in [5.74, 6) is 0.669. The SMILES string of the molecule is COc1cc2[nH]c(C(C)N)cc2cc1Cl. The van der Waals surface area contributed by atoms with Gasteiger partial charge in [-0.3, -0.25) is 0 Å². The lowest BCUT2D eigenvalue weighted by molar-refractivity contribution is 0.415. The number of halogens is 1. The number of rotatable bonds is 2. The average Bonchev–Trinajstić information content (AvgIpc) is 2.59. The first-order chi connectivity index (χ1) is 7.11. The molecule has 0 spiro atoms. The standard InChI is InChI=1S/C11H13ClN2O/c1-6(13)9-4-7-3-8(12)11(15-2)5-10(7)14-9/h3-6,14H,13H2,1-2H3. The van der Waals surface area contributed by atoms with Crippen LogP contribution in [0.1, 0.15) is 18.7 Å². The molecule has 1 aromatic heterocycles. The number of aromatic amines is 1. The van der Waals surface area contributed by atoms with Gasteiger partial charge in [-0.2, -0.15) is 0 Å². The monoisotopic (exact) mass is 224 g/mol. The highest BCUT2D eigenvalue weighted by atomic mass is 35.5. The fourth-order valence-corrected chi connectivity index (χ4v) is 1.81. The first-order valence-electron chi connectivity index (χ1n) is 4.73. The quantitative estimate of drug-likeness (QED) is 0.824. The molecule has 3 N–H and O–H groups in total. The molecular formula is C11H13ClN2O. The molecule has 0 radical (unpaired) electrons. The van der Waals surface area contributed by atoms with Gasteiger partial charge in [0.2, 0.25) is 0 Å². The molecule has 0 saturated carbocycles. The molecule has 4 heteroatoms. The normalized spacial score (nSPS) is 13.1. The van der Waals surface area contributed by atoms with Crippen LogP contribution < -0.4 is 10.5 Å². The van der Waals surface area contributed by atoms with E-state index in [9.17, 15) is 0 Å². The van der Waals surface area contributed by atoms with Crippen molar-refractivity contribution in [3.8, 4) is 5.75 Å². The molecule has 0 bridgehead atoms.